The molecule has 2 fully saturated rings. The SMILES string of the molecule is O=C(CN1CCCN([C@H]2COC[C@@H]2O)CC1)Nc1ccc(Cl)cc1F. The molecule has 2 aliphatic heterocycles. The van der Waals surface area contributed by atoms with Gasteiger partial charge in [0.15, 0.2) is 0 Å². The number of hydrogen-bond acceptors (Lipinski definition) is 5. The van der Waals surface area contributed by atoms with Crippen LogP contribution in [0.4, 0.5) is 10.1 Å². The van der Waals surface area contributed by atoms with E-state index >= 15 is 0 Å². The van der Waals surface area contributed by atoms with Crippen molar-refractivity contribution in [3.05, 3.63) is 29.0 Å². The van der Waals surface area contributed by atoms with E-state index in [9.17, 15) is 14.3 Å². The fraction of sp³-hybridized carbons (Fsp3) is 0.588. The molecule has 1 aromatic rings. The van der Waals surface area contributed by atoms with Gasteiger partial charge in [-0.3, -0.25) is 14.6 Å². The Kier molecular flexibility index (Phi) is 6.24. The zero-order valence-electron chi connectivity index (χ0n) is 14.0. The van der Waals surface area contributed by atoms with Crippen LogP contribution < -0.4 is 5.32 Å². The third kappa shape index (κ3) is 4.89. The number of hydrogen-bond donors (Lipinski definition) is 2. The lowest BCUT2D eigenvalue weighted by molar-refractivity contribution is -0.117. The molecule has 0 spiro atoms. The lowest BCUT2D eigenvalue weighted by Crippen LogP contribution is -2.45. The van der Waals surface area contributed by atoms with Crippen molar-refractivity contribution < 1.29 is 19.0 Å². The Hall–Kier alpha value is -1.25. The number of carbonyl (C=O) groups is 1. The van der Waals surface area contributed by atoms with Crippen molar-refractivity contribution in [1.82, 2.24) is 9.80 Å². The molecule has 25 heavy (non-hydrogen) atoms. The van der Waals surface area contributed by atoms with Crippen molar-refractivity contribution in [3.8, 4) is 0 Å². The van der Waals surface area contributed by atoms with Crippen molar-refractivity contribution in [2.24, 2.45) is 0 Å². The third-order valence-electron chi connectivity index (χ3n) is 4.69. The summed E-state index contributed by atoms with van der Waals surface area (Å²) in [6.45, 7) is 4.30. The van der Waals surface area contributed by atoms with Gasteiger partial charge in [-0.15, -0.1) is 0 Å². The molecule has 1 amide bonds. The lowest BCUT2D eigenvalue weighted by Gasteiger charge is -2.28. The maximum atomic E-state index is 13.8. The molecule has 2 heterocycles. The number of nitrogens with zero attached hydrogens (tertiary/aromatic N) is 2. The van der Waals surface area contributed by atoms with E-state index in [1.807, 2.05) is 4.90 Å². The summed E-state index contributed by atoms with van der Waals surface area (Å²) in [5.74, 6) is -0.794. The van der Waals surface area contributed by atoms with Crippen LogP contribution in [-0.4, -0.2) is 78.9 Å². The van der Waals surface area contributed by atoms with E-state index in [0.717, 1.165) is 32.6 Å². The quantitative estimate of drug-likeness (QED) is 0.832. The standard InChI is InChI=1S/C17H23ClFN3O3/c18-12-2-3-14(13(19)8-12)20-17(24)9-21-4-1-5-22(7-6-21)15-10-25-11-16(15)23/h2-3,8,15-16,23H,1,4-7,9-11H2,(H,20,24)/t15-,16-/m0/s1. The van der Waals surface area contributed by atoms with Gasteiger partial charge in [-0.1, -0.05) is 11.6 Å². The monoisotopic (exact) mass is 371 g/mol. The second kappa shape index (κ2) is 8.42. The zero-order valence-corrected chi connectivity index (χ0v) is 14.7. The molecule has 0 radical (unpaired) electrons. The molecule has 2 saturated heterocycles. The second-order valence-corrected chi connectivity index (χ2v) is 6.95. The molecule has 0 aromatic heterocycles. The number of amides is 1. The summed E-state index contributed by atoms with van der Waals surface area (Å²) < 4.78 is 19.1. The molecule has 0 saturated carbocycles. The largest absolute Gasteiger partial charge is 0.389 e. The van der Waals surface area contributed by atoms with Crippen molar-refractivity contribution >= 4 is 23.2 Å². The highest BCUT2D eigenvalue weighted by atomic mass is 35.5. The first-order valence-corrected chi connectivity index (χ1v) is 8.88. The number of carbonyl (C=O) groups excluding carboxylic acids is 1. The summed E-state index contributed by atoms with van der Waals surface area (Å²) in [5, 5.41) is 12.8. The van der Waals surface area contributed by atoms with Crippen LogP contribution in [-0.2, 0) is 9.53 Å². The Bertz CT molecular complexity index is 619. The first-order chi connectivity index (χ1) is 12.0. The summed E-state index contributed by atoms with van der Waals surface area (Å²) in [5.41, 5.74) is 0.136. The van der Waals surface area contributed by atoms with E-state index in [-0.39, 0.29) is 24.2 Å². The molecule has 138 valence electrons. The summed E-state index contributed by atoms with van der Waals surface area (Å²) in [4.78, 5) is 16.5. The molecular formula is C17H23ClFN3O3. The summed E-state index contributed by atoms with van der Waals surface area (Å²) in [6, 6.07) is 4.22. The smallest absolute Gasteiger partial charge is 0.238 e. The Labute approximate surface area is 151 Å². The molecule has 0 aliphatic carbocycles. The molecular weight excluding hydrogens is 349 g/mol. The summed E-state index contributed by atoms with van der Waals surface area (Å²) in [7, 11) is 0. The van der Waals surface area contributed by atoms with Crippen molar-refractivity contribution in [2.45, 2.75) is 18.6 Å². The Morgan fingerprint density at radius 1 is 1.32 bits per heavy atom. The molecule has 2 atom stereocenters. The van der Waals surface area contributed by atoms with Gasteiger partial charge in [0, 0.05) is 18.1 Å². The van der Waals surface area contributed by atoms with Crippen molar-refractivity contribution in [1.29, 1.82) is 0 Å². The van der Waals surface area contributed by atoms with Gasteiger partial charge in [0.1, 0.15) is 5.82 Å². The predicted octanol–water partition coefficient (Wildman–Crippen LogP) is 1.19. The van der Waals surface area contributed by atoms with Crippen LogP contribution in [0, 0.1) is 5.82 Å². The third-order valence-corrected chi connectivity index (χ3v) is 4.92. The first-order valence-electron chi connectivity index (χ1n) is 8.50. The molecule has 0 unspecified atom stereocenters. The van der Waals surface area contributed by atoms with Gasteiger partial charge in [0.2, 0.25) is 5.91 Å². The fourth-order valence-electron chi connectivity index (χ4n) is 3.34. The minimum atomic E-state index is -0.543. The number of nitrogens with one attached hydrogen (secondary N) is 1. The van der Waals surface area contributed by atoms with Crippen LogP contribution in [0.1, 0.15) is 6.42 Å². The first kappa shape index (κ1) is 18.5. The van der Waals surface area contributed by atoms with E-state index < -0.39 is 11.9 Å². The topological polar surface area (TPSA) is 65.0 Å². The minimum absolute atomic E-state index is 0.0388. The molecule has 8 heteroatoms. The maximum Gasteiger partial charge on any atom is 0.238 e. The average molecular weight is 372 g/mol. The molecule has 0 bridgehead atoms. The van der Waals surface area contributed by atoms with Gasteiger partial charge in [0.05, 0.1) is 37.6 Å². The van der Waals surface area contributed by atoms with E-state index in [2.05, 4.69) is 10.2 Å². The lowest BCUT2D eigenvalue weighted by atomic mass is 10.2. The molecule has 3 rings (SSSR count). The van der Waals surface area contributed by atoms with Gasteiger partial charge in [-0.05, 0) is 37.7 Å². The van der Waals surface area contributed by atoms with Crippen LogP contribution in [0.25, 0.3) is 0 Å². The predicted molar refractivity (Wildman–Crippen MR) is 93.3 cm³/mol. The number of aliphatic hydroxyl groups excluding tert-OH is 1. The van der Waals surface area contributed by atoms with Gasteiger partial charge in [0.25, 0.3) is 0 Å². The van der Waals surface area contributed by atoms with Gasteiger partial charge in [-0.2, -0.15) is 0 Å². The number of anilines is 1. The van der Waals surface area contributed by atoms with E-state index in [0.29, 0.717) is 18.2 Å². The highest BCUT2D eigenvalue weighted by Gasteiger charge is 2.32. The van der Waals surface area contributed by atoms with Crippen molar-refractivity contribution in [3.63, 3.8) is 0 Å². The van der Waals surface area contributed by atoms with Crippen LogP contribution in [0.5, 0.6) is 0 Å². The maximum absolute atomic E-state index is 13.8. The molecule has 2 N–H and O–H groups in total. The molecule has 2 aliphatic rings. The average Bonchev–Trinajstić information content (AvgIpc) is 2.85. The van der Waals surface area contributed by atoms with Gasteiger partial charge in [-0.25, -0.2) is 4.39 Å². The normalized spacial score (nSPS) is 25.7. The fourth-order valence-corrected chi connectivity index (χ4v) is 3.50. The number of rotatable bonds is 4. The van der Waals surface area contributed by atoms with Gasteiger partial charge >= 0.3 is 0 Å². The molecule has 1 aromatic carbocycles. The molecule has 6 nitrogen and oxygen atoms in total. The van der Waals surface area contributed by atoms with Crippen molar-refractivity contribution in [2.75, 3.05) is 51.3 Å². The number of benzene rings is 1. The number of ether oxygens (including phenoxy) is 1. The van der Waals surface area contributed by atoms with E-state index in [4.69, 9.17) is 16.3 Å². The second-order valence-electron chi connectivity index (χ2n) is 6.51. The Balaban J connectivity index is 1.50. The highest BCUT2D eigenvalue weighted by molar-refractivity contribution is 6.30. The van der Waals surface area contributed by atoms with E-state index in [1.165, 1.54) is 12.1 Å². The summed E-state index contributed by atoms with van der Waals surface area (Å²) >= 11 is 5.71. The number of halogens is 2. The Morgan fingerprint density at radius 2 is 2.16 bits per heavy atom. The number of aliphatic hydroxyl groups is 1. The van der Waals surface area contributed by atoms with E-state index in [1.54, 1.807) is 6.07 Å². The Morgan fingerprint density at radius 3 is 2.88 bits per heavy atom. The van der Waals surface area contributed by atoms with Gasteiger partial charge < -0.3 is 15.2 Å². The summed E-state index contributed by atoms with van der Waals surface area (Å²) in [6.07, 6.45) is 0.467. The van der Waals surface area contributed by atoms with Crippen LogP contribution >= 0.6 is 11.6 Å². The van der Waals surface area contributed by atoms with Crippen LogP contribution in [0.3, 0.4) is 0 Å². The zero-order chi connectivity index (χ0) is 17.8. The highest BCUT2D eigenvalue weighted by Crippen LogP contribution is 2.19. The van der Waals surface area contributed by atoms with Crippen LogP contribution in [0.15, 0.2) is 18.2 Å². The van der Waals surface area contributed by atoms with Crippen LogP contribution in [0.2, 0.25) is 5.02 Å². The minimum Gasteiger partial charge on any atom is -0.389 e.